The van der Waals surface area contributed by atoms with Crippen LogP contribution in [0.5, 0.6) is 11.5 Å². The fourth-order valence-electron chi connectivity index (χ4n) is 2.92. The summed E-state index contributed by atoms with van der Waals surface area (Å²) in [6.07, 6.45) is -6.01. The van der Waals surface area contributed by atoms with Gasteiger partial charge in [0.25, 0.3) is 0 Å². The molecule has 0 bridgehead atoms. The van der Waals surface area contributed by atoms with E-state index in [4.69, 9.17) is 25.5 Å². The average molecular weight is 484 g/mol. The summed E-state index contributed by atoms with van der Waals surface area (Å²) in [6.45, 7) is -0.526. The van der Waals surface area contributed by atoms with Crippen LogP contribution in [0, 0.1) is 0 Å². The average Bonchev–Trinajstić information content (AvgIpc) is 2.79. The quantitative estimate of drug-likeness (QED) is 0.0936. The van der Waals surface area contributed by atoms with E-state index in [1.807, 2.05) is 0 Å². The van der Waals surface area contributed by atoms with Crippen LogP contribution in [0.3, 0.4) is 0 Å². The number of hydrogen-bond acceptors (Lipinski definition) is 13. The van der Waals surface area contributed by atoms with E-state index >= 15 is 0 Å². The van der Waals surface area contributed by atoms with Crippen LogP contribution >= 0.6 is 0 Å². The molecule has 1 aromatic rings. The molecule has 0 saturated carbocycles. The van der Waals surface area contributed by atoms with Crippen LogP contribution in [0.15, 0.2) is 47.4 Å². The number of phenolic OH excluding ortho intramolecular Hbond substituents is 2. The van der Waals surface area contributed by atoms with E-state index in [-0.39, 0.29) is 11.5 Å². The van der Waals surface area contributed by atoms with E-state index in [9.17, 15) is 35.1 Å². The highest BCUT2D eigenvalue weighted by atomic mass is 16.6. The van der Waals surface area contributed by atoms with E-state index in [1.54, 1.807) is 0 Å². The third-order valence-electron chi connectivity index (χ3n) is 4.86. The van der Waals surface area contributed by atoms with Gasteiger partial charge in [0.1, 0.15) is 41.5 Å². The number of rotatable bonds is 3. The molecule has 2 aliphatic rings. The van der Waals surface area contributed by atoms with Crippen molar-refractivity contribution < 1.29 is 65.4 Å². The van der Waals surface area contributed by atoms with Crippen molar-refractivity contribution in [3.05, 3.63) is 53.0 Å². The van der Waals surface area contributed by atoms with Crippen LogP contribution in [-0.4, -0.2) is 106 Å². The Morgan fingerprint density at radius 2 is 1.59 bits per heavy atom. The van der Waals surface area contributed by atoms with Crippen molar-refractivity contribution in [1.82, 2.24) is 0 Å². The maximum atomic E-state index is 11.7. The number of Topliss-reactive ketones (excluding diaryl/α,β-unsaturated/α-hetero) is 1. The summed E-state index contributed by atoms with van der Waals surface area (Å²) in [6, 6.07) is 3.87. The molecule has 1 saturated heterocycles. The van der Waals surface area contributed by atoms with Crippen LogP contribution in [0.4, 0.5) is 0 Å². The van der Waals surface area contributed by atoms with Crippen LogP contribution in [0.1, 0.15) is 5.56 Å². The van der Waals surface area contributed by atoms with Gasteiger partial charge in [-0.1, -0.05) is 12.1 Å². The van der Waals surface area contributed by atoms with E-state index < -0.39 is 72.1 Å². The van der Waals surface area contributed by atoms with Gasteiger partial charge in [-0.05, 0) is 23.8 Å². The Hall–Kier alpha value is -3.30. The predicted octanol–water partition coefficient (Wildman–Crippen LogP) is -2.34. The summed E-state index contributed by atoms with van der Waals surface area (Å²) >= 11 is 0. The number of ketones is 2. The van der Waals surface area contributed by atoms with Gasteiger partial charge in [-0.3, -0.25) is 9.59 Å². The first-order valence-corrected chi connectivity index (χ1v) is 9.68. The van der Waals surface area contributed by atoms with Crippen LogP contribution in [0.25, 0.3) is 6.08 Å². The fraction of sp³-hybridized carbons (Fsp3) is 0.333. The summed E-state index contributed by atoms with van der Waals surface area (Å²) in [5.41, 5.74) is -0.183. The molecule has 1 aliphatic carbocycles. The lowest BCUT2D eigenvalue weighted by Gasteiger charge is -2.37. The minimum absolute atomic E-state index is 0.315. The summed E-state index contributed by atoms with van der Waals surface area (Å²) in [5.74, 6) is -4.16. The molecule has 13 nitrogen and oxygen atoms in total. The first-order valence-electron chi connectivity index (χ1n) is 9.68. The van der Waals surface area contributed by atoms with Crippen molar-refractivity contribution in [2.45, 2.75) is 36.8 Å². The number of carbonyl (C=O) groups excluding carboxylic acids is 2. The van der Waals surface area contributed by atoms with Crippen molar-refractivity contribution in [1.29, 1.82) is 0 Å². The summed E-state index contributed by atoms with van der Waals surface area (Å²) in [5, 5.41) is 91.9. The molecule has 0 spiro atoms. The number of ether oxygens (including phenoxy) is 1. The van der Waals surface area contributed by atoms with Gasteiger partial charge in [0.15, 0.2) is 29.7 Å². The molecule has 6 atom stereocenters. The first-order chi connectivity index (χ1) is 15.9. The van der Waals surface area contributed by atoms with E-state index in [0.29, 0.717) is 11.6 Å². The summed E-state index contributed by atoms with van der Waals surface area (Å²) in [4.78, 5) is 22.9. The molecule has 1 aliphatic heterocycles. The minimum Gasteiger partial charge on any atom is -0.507 e. The molecule has 3 rings (SSSR count). The van der Waals surface area contributed by atoms with Gasteiger partial charge in [-0.25, -0.2) is 0 Å². The summed E-state index contributed by atoms with van der Waals surface area (Å²) < 4.78 is 4.58. The molecule has 1 heterocycles. The maximum absolute atomic E-state index is 11.7. The Morgan fingerprint density at radius 3 is 2.18 bits per heavy atom. The molecule has 0 aromatic heterocycles. The molecule has 10 N–H and O–H groups in total. The molecule has 13 heteroatoms. The van der Waals surface area contributed by atoms with Crippen molar-refractivity contribution in [3.8, 4) is 11.5 Å². The zero-order chi connectivity index (χ0) is 25.7. The number of carbonyl (C=O) groups is 2. The Balaban J connectivity index is 0.000000287. The zero-order valence-electron chi connectivity index (χ0n) is 17.3. The Labute approximate surface area is 191 Å². The van der Waals surface area contributed by atoms with Gasteiger partial charge in [-0.2, -0.15) is 0 Å². The smallest absolute Gasteiger partial charge is 0.206 e. The lowest BCUT2D eigenvalue weighted by Crippen LogP contribution is -2.58. The predicted molar refractivity (Wildman–Crippen MR) is 111 cm³/mol. The largest absolute Gasteiger partial charge is 0.507 e. The standard InChI is InChI=1S/C15H12O7.C6H12O6/c16-8-3-1-7(5-10(8)18)2-4-9(17)13-11(19)6-12(20)14(21)15(13)22;7-1-2-3(8)4(9)5(10)6(11)12-2/h1-6,14,16-19,21H;2-11H,1H2/b4-2+,13-9?;/t;2-,3-,4+,5-,6-/m.1/s1. The molecule has 0 amide bonds. The maximum Gasteiger partial charge on any atom is 0.206 e. The highest BCUT2D eigenvalue weighted by molar-refractivity contribution is 6.21. The van der Waals surface area contributed by atoms with Gasteiger partial charge in [0.2, 0.25) is 5.78 Å². The van der Waals surface area contributed by atoms with Crippen molar-refractivity contribution in [2.75, 3.05) is 6.61 Å². The molecule has 186 valence electrons. The van der Waals surface area contributed by atoms with E-state index in [2.05, 4.69) is 4.74 Å². The number of aromatic hydroxyl groups is 2. The third-order valence-corrected chi connectivity index (χ3v) is 4.86. The number of allylic oxidation sites excluding steroid dienone is 2. The second-order valence-corrected chi connectivity index (χ2v) is 7.26. The molecule has 1 unspecified atom stereocenters. The van der Waals surface area contributed by atoms with Crippen LogP contribution in [0.2, 0.25) is 0 Å². The molecule has 1 aromatic carbocycles. The number of aliphatic hydroxyl groups excluding tert-OH is 8. The second-order valence-electron chi connectivity index (χ2n) is 7.26. The van der Waals surface area contributed by atoms with Crippen molar-refractivity contribution >= 4 is 17.6 Å². The van der Waals surface area contributed by atoms with Crippen molar-refractivity contribution in [3.63, 3.8) is 0 Å². The van der Waals surface area contributed by atoms with Gasteiger partial charge in [0, 0.05) is 6.08 Å². The van der Waals surface area contributed by atoms with Gasteiger partial charge in [0.05, 0.1) is 6.61 Å². The van der Waals surface area contributed by atoms with E-state index in [1.165, 1.54) is 24.3 Å². The van der Waals surface area contributed by atoms with Gasteiger partial charge < -0.3 is 55.8 Å². The van der Waals surface area contributed by atoms with Gasteiger partial charge >= 0.3 is 0 Å². The van der Waals surface area contributed by atoms with Crippen molar-refractivity contribution in [2.24, 2.45) is 0 Å². The van der Waals surface area contributed by atoms with Crippen LogP contribution < -0.4 is 0 Å². The Kier molecular flexibility index (Phi) is 8.89. The fourth-order valence-corrected chi connectivity index (χ4v) is 2.92. The number of hydrogen-bond donors (Lipinski definition) is 10. The normalized spacial score (nSPS) is 31.1. The highest BCUT2D eigenvalue weighted by Crippen LogP contribution is 2.26. The van der Waals surface area contributed by atoms with E-state index in [0.717, 1.165) is 6.08 Å². The topological polar surface area (TPSA) is 246 Å². The number of phenols is 2. The zero-order valence-corrected chi connectivity index (χ0v) is 17.3. The molecule has 34 heavy (non-hydrogen) atoms. The molecule has 1 fully saturated rings. The Bertz CT molecular complexity index is 1010. The number of aliphatic hydroxyl groups is 8. The first kappa shape index (κ1) is 26.9. The second kappa shape index (κ2) is 11.2. The molecule has 0 radical (unpaired) electrons. The molecular weight excluding hydrogens is 460 g/mol. The molecular formula is C21H24O13. The SMILES string of the molecule is O=C1C=C(O)C(=C(O)/C=C/c2ccc(O)c(O)c2)C(=O)C1O.OC[C@H]1O[C@@H](O)[C@H](O)[C@@H](O)[C@@H]1O. The monoisotopic (exact) mass is 484 g/mol. The van der Waals surface area contributed by atoms with Gasteiger partial charge in [-0.15, -0.1) is 0 Å². The Morgan fingerprint density at radius 1 is 0.941 bits per heavy atom. The minimum atomic E-state index is -1.96. The number of benzene rings is 1. The van der Waals surface area contributed by atoms with Crippen LogP contribution in [-0.2, 0) is 14.3 Å². The summed E-state index contributed by atoms with van der Waals surface area (Å²) in [7, 11) is 0. The third kappa shape index (κ3) is 5.98. The lowest BCUT2D eigenvalue weighted by molar-refractivity contribution is -0.286. The lowest BCUT2D eigenvalue weighted by atomic mass is 9.93. The highest BCUT2D eigenvalue weighted by Gasteiger charge is 2.42.